The molecule has 0 saturated heterocycles. The number of allylic oxidation sites excluding steroid dienone is 1. The second kappa shape index (κ2) is 4.04. The zero-order valence-corrected chi connectivity index (χ0v) is 7.43. The van der Waals surface area contributed by atoms with E-state index in [1.807, 2.05) is 0 Å². The highest BCUT2D eigenvalue weighted by molar-refractivity contribution is 4.90. The lowest BCUT2D eigenvalue weighted by molar-refractivity contribution is -0.0165. The first-order chi connectivity index (χ1) is 5.66. The number of rotatable bonds is 3. The van der Waals surface area contributed by atoms with Gasteiger partial charge in [-0.05, 0) is 12.8 Å². The molecule has 12 heavy (non-hydrogen) atoms. The van der Waals surface area contributed by atoms with Crippen LogP contribution in [0.2, 0.25) is 0 Å². The van der Waals surface area contributed by atoms with Gasteiger partial charge in [0.2, 0.25) is 0 Å². The summed E-state index contributed by atoms with van der Waals surface area (Å²) in [6.45, 7) is 3.37. The molecule has 0 unspecified atom stereocenters. The monoisotopic (exact) mass is 172 g/mol. The van der Waals surface area contributed by atoms with Crippen molar-refractivity contribution in [2.24, 2.45) is 0 Å². The Morgan fingerprint density at radius 3 is 2.50 bits per heavy atom. The number of hydrogen-bond acceptors (Lipinski definition) is 1. The fourth-order valence-corrected chi connectivity index (χ4v) is 1.86. The smallest absolute Gasteiger partial charge is 0.121 e. The maximum Gasteiger partial charge on any atom is 0.121 e. The van der Waals surface area contributed by atoms with Gasteiger partial charge in [0.1, 0.15) is 6.17 Å². The molecule has 1 aliphatic rings. The molecule has 0 aromatic carbocycles. The predicted molar refractivity (Wildman–Crippen MR) is 47.7 cm³/mol. The quantitative estimate of drug-likeness (QED) is 0.649. The van der Waals surface area contributed by atoms with E-state index in [-0.39, 0.29) is 6.42 Å². The standard InChI is InChI=1S/C10H17FO/c1-2-9(11)8-10(12)6-4-3-5-7-10/h2,9,12H,1,3-8H2/t9-/m1/s1. The normalized spacial score (nSPS) is 24.8. The van der Waals surface area contributed by atoms with Gasteiger partial charge in [0.05, 0.1) is 5.60 Å². The summed E-state index contributed by atoms with van der Waals surface area (Å²) in [7, 11) is 0. The topological polar surface area (TPSA) is 20.2 Å². The van der Waals surface area contributed by atoms with Crippen LogP contribution >= 0.6 is 0 Å². The molecule has 0 aromatic rings. The van der Waals surface area contributed by atoms with Crippen molar-refractivity contribution in [2.45, 2.75) is 50.3 Å². The minimum absolute atomic E-state index is 0.233. The van der Waals surface area contributed by atoms with Crippen molar-refractivity contribution in [3.63, 3.8) is 0 Å². The second-order valence-corrected chi connectivity index (χ2v) is 3.74. The Morgan fingerprint density at radius 1 is 1.42 bits per heavy atom. The average molecular weight is 172 g/mol. The van der Waals surface area contributed by atoms with Crippen molar-refractivity contribution in [2.75, 3.05) is 0 Å². The van der Waals surface area contributed by atoms with Crippen LogP contribution in [0.25, 0.3) is 0 Å². The van der Waals surface area contributed by atoms with E-state index in [1.165, 1.54) is 12.5 Å². The molecule has 1 N–H and O–H groups in total. The molecular weight excluding hydrogens is 155 g/mol. The van der Waals surface area contributed by atoms with Gasteiger partial charge >= 0.3 is 0 Å². The Kier molecular flexibility index (Phi) is 3.27. The van der Waals surface area contributed by atoms with Crippen molar-refractivity contribution in [3.05, 3.63) is 12.7 Å². The number of alkyl halides is 1. The highest BCUT2D eigenvalue weighted by atomic mass is 19.1. The summed E-state index contributed by atoms with van der Waals surface area (Å²) < 4.78 is 12.9. The first kappa shape index (κ1) is 9.72. The summed E-state index contributed by atoms with van der Waals surface area (Å²) in [5, 5.41) is 9.88. The largest absolute Gasteiger partial charge is 0.390 e. The van der Waals surface area contributed by atoms with Gasteiger partial charge in [0, 0.05) is 6.42 Å². The molecule has 0 aliphatic heterocycles. The molecule has 0 aromatic heterocycles. The zero-order chi connectivity index (χ0) is 9.03. The minimum Gasteiger partial charge on any atom is -0.390 e. The van der Waals surface area contributed by atoms with Crippen LogP contribution in [-0.4, -0.2) is 16.9 Å². The van der Waals surface area contributed by atoms with E-state index in [2.05, 4.69) is 6.58 Å². The van der Waals surface area contributed by atoms with Crippen LogP contribution in [0, 0.1) is 0 Å². The third kappa shape index (κ3) is 2.59. The van der Waals surface area contributed by atoms with Gasteiger partial charge in [0.15, 0.2) is 0 Å². The summed E-state index contributed by atoms with van der Waals surface area (Å²) >= 11 is 0. The zero-order valence-electron chi connectivity index (χ0n) is 7.43. The molecule has 1 atom stereocenters. The van der Waals surface area contributed by atoms with Crippen LogP contribution in [0.5, 0.6) is 0 Å². The van der Waals surface area contributed by atoms with E-state index in [0.29, 0.717) is 0 Å². The molecular formula is C10H17FO. The predicted octanol–water partition coefficient (Wildman–Crippen LogP) is 2.60. The van der Waals surface area contributed by atoms with Crippen LogP contribution < -0.4 is 0 Å². The number of halogens is 1. The second-order valence-electron chi connectivity index (χ2n) is 3.74. The van der Waals surface area contributed by atoms with Gasteiger partial charge in [-0.1, -0.05) is 25.3 Å². The SMILES string of the molecule is C=C[C@@H](F)CC1(O)CCCCC1. The highest BCUT2D eigenvalue weighted by Crippen LogP contribution is 2.32. The van der Waals surface area contributed by atoms with Gasteiger partial charge in [-0.15, -0.1) is 6.58 Å². The molecule has 1 nitrogen and oxygen atoms in total. The van der Waals surface area contributed by atoms with E-state index < -0.39 is 11.8 Å². The Bertz CT molecular complexity index is 150. The molecule has 1 saturated carbocycles. The first-order valence-electron chi connectivity index (χ1n) is 4.65. The maximum absolute atomic E-state index is 12.9. The lowest BCUT2D eigenvalue weighted by Gasteiger charge is -2.32. The van der Waals surface area contributed by atoms with Crippen LogP contribution in [0.3, 0.4) is 0 Å². The maximum atomic E-state index is 12.9. The molecule has 0 amide bonds. The molecule has 1 rings (SSSR count). The molecule has 0 bridgehead atoms. The third-order valence-electron chi connectivity index (χ3n) is 2.61. The first-order valence-corrected chi connectivity index (χ1v) is 4.65. The van der Waals surface area contributed by atoms with E-state index >= 15 is 0 Å². The van der Waals surface area contributed by atoms with Gasteiger partial charge in [-0.25, -0.2) is 4.39 Å². The van der Waals surface area contributed by atoms with Crippen molar-refractivity contribution in [1.82, 2.24) is 0 Å². The molecule has 0 heterocycles. The van der Waals surface area contributed by atoms with Crippen molar-refractivity contribution >= 4 is 0 Å². The molecule has 1 fully saturated rings. The molecule has 0 spiro atoms. The van der Waals surface area contributed by atoms with Gasteiger partial charge < -0.3 is 5.11 Å². The fraction of sp³-hybridized carbons (Fsp3) is 0.800. The van der Waals surface area contributed by atoms with Gasteiger partial charge in [-0.3, -0.25) is 0 Å². The summed E-state index contributed by atoms with van der Waals surface area (Å²) in [4.78, 5) is 0. The highest BCUT2D eigenvalue weighted by Gasteiger charge is 2.31. The van der Waals surface area contributed by atoms with E-state index in [0.717, 1.165) is 25.7 Å². The Hall–Kier alpha value is -0.370. The van der Waals surface area contributed by atoms with Crippen molar-refractivity contribution in [1.29, 1.82) is 0 Å². The number of aliphatic hydroxyl groups is 1. The van der Waals surface area contributed by atoms with Crippen LogP contribution in [0.1, 0.15) is 38.5 Å². The van der Waals surface area contributed by atoms with Crippen LogP contribution in [0.15, 0.2) is 12.7 Å². The van der Waals surface area contributed by atoms with Crippen LogP contribution in [0.4, 0.5) is 4.39 Å². The lowest BCUT2D eigenvalue weighted by Crippen LogP contribution is -2.33. The summed E-state index contributed by atoms with van der Waals surface area (Å²) in [5.41, 5.74) is -0.744. The van der Waals surface area contributed by atoms with E-state index in [9.17, 15) is 9.50 Å². The van der Waals surface area contributed by atoms with Crippen molar-refractivity contribution < 1.29 is 9.50 Å². The van der Waals surface area contributed by atoms with Crippen LogP contribution in [-0.2, 0) is 0 Å². The average Bonchev–Trinajstić information content (AvgIpc) is 2.05. The molecule has 0 radical (unpaired) electrons. The fourth-order valence-electron chi connectivity index (χ4n) is 1.86. The van der Waals surface area contributed by atoms with Gasteiger partial charge in [0.25, 0.3) is 0 Å². The lowest BCUT2D eigenvalue weighted by atomic mass is 9.81. The van der Waals surface area contributed by atoms with E-state index in [4.69, 9.17) is 0 Å². The molecule has 2 heteroatoms. The third-order valence-corrected chi connectivity index (χ3v) is 2.61. The van der Waals surface area contributed by atoms with E-state index in [1.54, 1.807) is 0 Å². The summed E-state index contributed by atoms with van der Waals surface area (Å²) in [5.74, 6) is 0. The summed E-state index contributed by atoms with van der Waals surface area (Å²) in [6.07, 6.45) is 5.19. The Morgan fingerprint density at radius 2 is 2.00 bits per heavy atom. The Labute approximate surface area is 73.3 Å². The number of hydrogen-bond donors (Lipinski definition) is 1. The Balaban J connectivity index is 2.40. The minimum atomic E-state index is -1.05. The molecule has 1 aliphatic carbocycles. The summed E-state index contributed by atoms with van der Waals surface area (Å²) in [6, 6.07) is 0. The van der Waals surface area contributed by atoms with Gasteiger partial charge in [-0.2, -0.15) is 0 Å². The van der Waals surface area contributed by atoms with Crippen molar-refractivity contribution in [3.8, 4) is 0 Å². The molecule has 70 valence electrons.